The molecular weight excluding hydrogens is 390 g/mol. The molecule has 31 heavy (non-hydrogen) atoms. The lowest BCUT2D eigenvalue weighted by atomic mass is 10.0. The lowest BCUT2D eigenvalue weighted by Crippen LogP contribution is -2.13. The van der Waals surface area contributed by atoms with Gasteiger partial charge >= 0.3 is 5.97 Å². The van der Waals surface area contributed by atoms with Gasteiger partial charge in [-0.1, -0.05) is 49.4 Å². The fraction of sp³-hybridized carbons (Fsp3) is 0.231. The lowest BCUT2D eigenvalue weighted by molar-refractivity contribution is -0.142. The van der Waals surface area contributed by atoms with Crippen LogP contribution < -0.4 is 10.5 Å². The summed E-state index contributed by atoms with van der Waals surface area (Å²) in [5.74, 6) is -0.415. The number of carbonyl (C=O) groups excluding carboxylic acids is 2. The van der Waals surface area contributed by atoms with Crippen molar-refractivity contribution >= 4 is 11.9 Å². The molecule has 0 heterocycles. The van der Waals surface area contributed by atoms with Gasteiger partial charge in [-0.25, -0.2) is 0 Å². The zero-order chi connectivity index (χ0) is 22.2. The van der Waals surface area contributed by atoms with E-state index in [1.807, 2.05) is 12.1 Å². The molecule has 0 saturated carbocycles. The van der Waals surface area contributed by atoms with E-state index in [1.165, 1.54) is 5.56 Å². The number of amides is 1. The SMILES string of the molecule is CCOC(=O)Cc1cc(C(N)=O)ccc1OCc1cccc(-c2cccc(CC)c2)c1. The Morgan fingerprint density at radius 1 is 0.871 bits per heavy atom. The van der Waals surface area contributed by atoms with E-state index in [0.717, 1.165) is 23.1 Å². The van der Waals surface area contributed by atoms with Crippen molar-refractivity contribution in [2.75, 3.05) is 6.61 Å². The van der Waals surface area contributed by atoms with Crippen LogP contribution in [0.1, 0.15) is 40.9 Å². The number of primary amides is 1. The van der Waals surface area contributed by atoms with Crippen molar-refractivity contribution in [3.8, 4) is 16.9 Å². The molecule has 0 fully saturated rings. The van der Waals surface area contributed by atoms with E-state index in [-0.39, 0.29) is 19.0 Å². The van der Waals surface area contributed by atoms with E-state index in [4.69, 9.17) is 15.2 Å². The molecule has 5 nitrogen and oxygen atoms in total. The molecule has 0 aliphatic rings. The molecule has 0 aliphatic carbocycles. The number of ether oxygens (including phenoxy) is 2. The van der Waals surface area contributed by atoms with Crippen LogP contribution in [-0.2, 0) is 29.0 Å². The lowest BCUT2D eigenvalue weighted by Gasteiger charge is -2.13. The van der Waals surface area contributed by atoms with Gasteiger partial charge in [0.1, 0.15) is 12.4 Å². The number of benzene rings is 3. The Morgan fingerprint density at radius 3 is 2.19 bits per heavy atom. The highest BCUT2D eigenvalue weighted by atomic mass is 16.5. The van der Waals surface area contributed by atoms with Gasteiger partial charge in [0.15, 0.2) is 0 Å². The minimum atomic E-state index is -0.557. The summed E-state index contributed by atoms with van der Waals surface area (Å²) >= 11 is 0. The summed E-state index contributed by atoms with van der Waals surface area (Å²) in [4.78, 5) is 23.5. The number of esters is 1. The zero-order valence-electron chi connectivity index (χ0n) is 17.9. The highest BCUT2D eigenvalue weighted by Gasteiger charge is 2.13. The van der Waals surface area contributed by atoms with Crippen molar-refractivity contribution in [2.45, 2.75) is 33.3 Å². The van der Waals surface area contributed by atoms with Gasteiger partial charge in [-0.15, -0.1) is 0 Å². The number of aryl methyl sites for hydroxylation is 1. The normalized spacial score (nSPS) is 10.5. The number of hydrogen-bond acceptors (Lipinski definition) is 4. The highest BCUT2D eigenvalue weighted by molar-refractivity contribution is 5.93. The third kappa shape index (κ3) is 5.95. The highest BCUT2D eigenvalue weighted by Crippen LogP contribution is 2.25. The van der Waals surface area contributed by atoms with Crippen molar-refractivity contribution in [2.24, 2.45) is 5.73 Å². The Hall–Kier alpha value is -3.60. The molecule has 3 aromatic rings. The van der Waals surface area contributed by atoms with Crippen LogP contribution in [-0.4, -0.2) is 18.5 Å². The molecule has 3 aromatic carbocycles. The molecule has 0 atom stereocenters. The van der Waals surface area contributed by atoms with E-state index in [0.29, 0.717) is 23.5 Å². The third-order valence-electron chi connectivity index (χ3n) is 4.98. The van der Waals surface area contributed by atoms with E-state index >= 15 is 0 Å². The fourth-order valence-corrected chi connectivity index (χ4v) is 3.35. The minimum absolute atomic E-state index is 0.00808. The van der Waals surface area contributed by atoms with Gasteiger partial charge in [-0.2, -0.15) is 0 Å². The van der Waals surface area contributed by atoms with E-state index in [2.05, 4.69) is 43.3 Å². The molecule has 0 radical (unpaired) electrons. The fourth-order valence-electron chi connectivity index (χ4n) is 3.35. The van der Waals surface area contributed by atoms with E-state index in [1.54, 1.807) is 25.1 Å². The maximum absolute atomic E-state index is 12.0. The Labute approximate surface area is 182 Å². The van der Waals surface area contributed by atoms with Crippen LogP contribution in [0.15, 0.2) is 66.7 Å². The molecule has 0 aromatic heterocycles. The summed E-state index contributed by atoms with van der Waals surface area (Å²) < 4.78 is 11.0. The zero-order valence-corrected chi connectivity index (χ0v) is 17.9. The summed E-state index contributed by atoms with van der Waals surface area (Å²) in [5.41, 5.74) is 10.8. The van der Waals surface area contributed by atoms with Crippen molar-refractivity contribution in [1.82, 2.24) is 0 Å². The predicted octanol–water partition coefficient (Wildman–Crippen LogP) is 4.70. The van der Waals surface area contributed by atoms with Crippen LogP contribution >= 0.6 is 0 Å². The second-order valence-corrected chi connectivity index (χ2v) is 7.21. The van der Waals surface area contributed by atoms with Crippen molar-refractivity contribution in [3.63, 3.8) is 0 Å². The Balaban J connectivity index is 1.80. The van der Waals surface area contributed by atoms with Gasteiger partial charge in [0.2, 0.25) is 5.91 Å². The number of carbonyl (C=O) groups is 2. The first-order chi connectivity index (χ1) is 15.0. The van der Waals surface area contributed by atoms with Gasteiger partial charge in [0.05, 0.1) is 13.0 Å². The Morgan fingerprint density at radius 2 is 1.55 bits per heavy atom. The first kappa shape index (κ1) is 22.1. The summed E-state index contributed by atoms with van der Waals surface area (Å²) in [6, 6.07) is 21.5. The largest absolute Gasteiger partial charge is 0.489 e. The molecule has 0 saturated heterocycles. The molecule has 0 spiro atoms. The standard InChI is InChI=1S/C26H27NO4/c1-3-18-7-5-9-20(13-18)21-10-6-8-19(14-21)17-31-24-12-11-22(26(27)29)15-23(24)16-25(28)30-4-2/h5-15H,3-4,16-17H2,1-2H3,(H2,27,29). The summed E-state index contributed by atoms with van der Waals surface area (Å²) in [5, 5.41) is 0. The van der Waals surface area contributed by atoms with Gasteiger partial charge < -0.3 is 15.2 Å². The third-order valence-corrected chi connectivity index (χ3v) is 4.98. The number of nitrogens with two attached hydrogens (primary N) is 1. The van der Waals surface area contributed by atoms with Gasteiger partial charge in [-0.3, -0.25) is 9.59 Å². The molecule has 2 N–H and O–H groups in total. The van der Waals surface area contributed by atoms with Gasteiger partial charge in [-0.05, 0) is 59.9 Å². The van der Waals surface area contributed by atoms with Gasteiger partial charge in [0.25, 0.3) is 0 Å². The summed E-state index contributed by atoms with van der Waals surface area (Å²) in [6.45, 7) is 4.50. The molecular formula is C26H27NO4. The second kappa shape index (κ2) is 10.4. The maximum Gasteiger partial charge on any atom is 0.310 e. The molecule has 0 unspecified atom stereocenters. The molecule has 1 amide bonds. The van der Waals surface area contributed by atoms with Crippen molar-refractivity contribution < 1.29 is 19.1 Å². The number of rotatable bonds is 9. The Bertz CT molecular complexity index is 1070. The number of hydrogen-bond donors (Lipinski definition) is 1. The predicted molar refractivity (Wildman–Crippen MR) is 121 cm³/mol. The monoisotopic (exact) mass is 417 g/mol. The van der Waals surface area contributed by atoms with Crippen molar-refractivity contribution in [3.05, 3.63) is 89.0 Å². The first-order valence-electron chi connectivity index (χ1n) is 10.4. The van der Waals surface area contributed by atoms with Crippen LogP contribution in [0.25, 0.3) is 11.1 Å². The van der Waals surface area contributed by atoms with Crippen LogP contribution in [0, 0.1) is 0 Å². The average molecular weight is 418 g/mol. The summed E-state index contributed by atoms with van der Waals surface area (Å²) in [7, 11) is 0. The first-order valence-corrected chi connectivity index (χ1v) is 10.4. The maximum atomic E-state index is 12.0. The molecule has 0 aliphatic heterocycles. The van der Waals surface area contributed by atoms with Crippen LogP contribution in [0.4, 0.5) is 0 Å². The topological polar surface area (TPSA) is 78.6 Å². The molecule has 0 bridgehead atoms. The Kier molecular flexibility index (Phi) is 7.44. The van der Waals surface area contributed by atoms with E-state index in [9.17, 15) is 9.59 Å². The molecule has 160 valence electrons. The quantitative estimate of drug-likeness (QED) is 0.512. The van der Waals surface area contributed by atoms with Crippen LogP contribution in [0.5, 0.6) is 5.75 Å². The minimum Gasteiger partial charge on any atom is -0.489 e. The average Bonchev–Trinajstić information content (AvgIpc) is 2.78. The second-order valence-electron chi connectivity index (χ2n) is 7.21. The van der Waals surface area contributed by atoms with Crippen LogP contribution in [0.3, 0.4) is 0 Å². The van der Waals surface area contributed by atoms with Crippen molar-refractivity contribution in [1.29, 1.82) is 0 Å². The van der Waals surface area contributed by atoms with Crippen LogP contribution in [0.2, 0.25) is 0 Å². The van der Waals surface area contributed by atoms with E-state index < -0.39 is 5.91 Å². The molecule has 5 heteroatoms. The smallest absolute Gasteiger partial charge is 0.310 e. The van der Waals surface area contributed by atoms with Gasteiger partial charge in [0, 0.05) is 11.1 Å². The molecule has 3 rings (SSSR count). The summed E-state index contributed by atoms with van der Waals surface area (Å²) in [6.07, 6.45) is 0.995.